The van der Waals surface area contributed by atoms with Crippen molar-refractivity contribution in [3.63, 3.8) is 0 Å². The number of esters is 2. The highest BCUT2D eigenvalue weighted by Gasteiger charge is 2.36. The van der Waals surface area contributed by atoms with E-state index < -0.39 is 22.0 Å². The number of fused-ring (bicyclic) bond motifs is 1. The molecule has 1 atom stereocenters. The van der Waals surface area contributed by atoms with Gasteiger partial charge in [-0.05, 0) is 49.2 Å². The first-order valence-corrected chi connectivity index (χ1v) is 11.7. The minimum Gasteiger partial charge on any atom is -0.466 e. The first kappa shape index (κ1) is 22.8. The molecule has 0 saturated heterocycles. The maximum atomic E-state index is 13.4. The lowest BCUT2D eigenvalue weighted by molar-refractivity contribution is -0.140. The number of rotatable bonds is 5. The Hall–Kier alpha value is -3.37. The van der Waals surface area contributed by atoms with E-state index in [9.17, 15) is 18.0 Å². The maximum absolute atomic E-state index is 13.4. The highest BCUT2D eigenvalue weighted by Crippen LogP contribution is 2.37. The third-order valence-electron chi connectivity index (χ3n) is 5.68. The van der Waals surface area contributed by atoms with Crippen molar-refractivity contribution in [2.75, 3.05) is 36.8 Å². The Morgan fingerprint density at radius 1 is 1.00 bits per heavy atom. The Balaban J connectivity index is 1.70. The predicted octanol–water partition coefficient (Wildman–Crippen LogP) is 2.22. The van der Waals surface area contributed by atoms with E-state index in [4.69, 9.17) is 14.2 Å². The van der Waals surface area contributed by atoms with Gasteiger partial charge in [0, 0.05) is 11.7 Å². The number of hydrogen-bond acceptors (Lipinski definition) is 8. The molecule has 0 spiro atoms. The maximum Gasteiger partial charge on any atom is 0.355 e. The van der Waals surface area contributed by atoms with Crippen LogP contribution in [0.4, 0.5) is 11.4 Å². The van der Waals surface area contributed by atoms with Gasteiger partial charge in [-0.1, -0.05) is 18.2 Å². The molecule has 2 aliphatic heterocycles. The standard InChI is InChI=1S/C23H24N2O7S/c1-15-12-16-6-4-5-7-20(16)25(15)33(28,29)18-10-8-17(9-11-18)24-14-32-13-19(22(26)30-2)21(24)23(27)31-3/h4-11,15H,12-14H2,1-3H3. The van der Waals surface area contributed by atoms with Crippen LogP contribution in [0.3, 0.4) is 0 Å². The van der Waals surface area contributed by atoms with Crippen LogP contribution in [-0.4, -0.2) is 54.0 Å². The first-order valence-electron chi connectivity index (χ1n) is 10.3. The SMILES string of the molecule is COC(=O)C1=C(C(=O)OC)N(c2ccc(S(=O)(=O)N3c4ccccc4CC3C)cc2)COC1. The van der Waals surface area contributed by atoms with Gasteiger partial charge in [-0.15, -0.1) is 0 Å². The fourth-order valence-electron chi connectivity index (χ4n) is 4.16. The second-order valence-corrected chi connectivity index (χ2v) is 9.51. The van der Waals surface area contributed by atoms with Crippen LogP contribution in [-0.2, 0) is 40.2 Å². The van der Waals surface area contributed by atoms with E-state index in [-0.39, 0.29) is 35.5 Å². The van der Waals surface area contributed by atoms with Crippen molar-refractivity contribution in [1.82, 2.24) is 0 Å². The number of ether oxygens (including phenoxy) is 3. The molecule has 0 saturated carbocycles. The number of methoxy groups -OCH3 is 2. The molecule has 2 aromatic rings. The predicted molar refractivity (Wildman–Crippen MR) is 120 cm³/mol. The molecule has 174 valence electrons. The van der Waals surface area contributed by atoms with Crippen LogP contribution in [0, 0.1) is 0 Å². The molecular weight excluding hydrogens is 448 g/mol. The zero-order valence-corrected chi connectivity index (χ0v) is 19.3. The molecule has 0 N–H and O–H groups in total. The number of sulfonamides is 1. The monoisotopic (exact) mass is 472 g/mol. The van der Waals surface area contributed by atoms with Crippen LogP contribution in [0.1, 0.15) is 12.5 Å². The molecule has 2 aliphatic rings. The summed E-state index contributed by atoms with van der Waals surface area (Å²) >= 11 is 0. The van der Waals surface area contributed by atoms with Crippen molar-refractivity contribution in [1.29, 1.82) is 0 Å². The van der Waals surface area contributed by atoms with Gasteiger partial charge in [-0.2, -0.15) is 0 Å². The number of nitrogens with zero attached hydrogens (tertiary/aromatic N) is 2. The van der Waals surface area contributed by atoms with Crippen molar-refractivity contribution in [2.45, 2.75) is 24.3 Å². The molecule has 1 unspecified atom stereocenters. The van der Waals surface area contributed by atoms with Crippen LogP contribution < -0.4 is 9.21 Å². The normalized spacial score (nSPS) is 18.2. The second kappa shape index (κ2) is 8.87. The molecule has 10 heteroatoms. The molecule has 0 aromatic heterocycles. The van der Waals surface area contributed by atoms with Gasteiger partial charge in [-0.25, -0.2) is 18.0 Å². The second-order valence-electron chi connectivity index (χ2n) is 7.69. The van der Waals surface area contributed by atoms with Crippen LogP contribution in [0.5, 0.6) is 0 Å². The molecule has 9 nitrogen and oxygen atoms in total. The molecule has 0 aliphatic carbocycles. The summed E-state index contributed by atoms with van der Waals surface area (Å²) in [6.45, 7) is 1.75. The summed E-state index contributed by atoms with van der Waals surface area (Å²) in [7, 11) is -1.39. The summed E-state index contributed by atoms with van der Waals surface area (Å²) in [6, 6.07) is 13.3. The van der Waals surface area contributed by atoms with E-state index >= 15 is 0 Å². The molecule has 0 fully saturated rings. The van der Waals surface area contributed by atoms with Gasteiger partial charge >= 0.3 is 11.9 Å². The summed E-state index contributed by atoms with van der Waals surface area (Å²) < 4.78 is 43.4. The van der Waals surface area contributed by atoms with Crippen molar-refractivity contribution in [3.05, 3.63) is 65.4 Å². The van der Waals surface area contributed by atoms with Gasteiger partial charge in [0.15, 0.2) is 0 Å². The Morgan fingerprint density at radius 2 is 1.67 bits per heavy atom. The van der Waals surface area contributed by atoms with E-state index in [1.54, 1.807) is 18.2 Å². The zero-order chi connectivity index (χ0) is 23.8. The lowest BCUT2D eigenvalue weighted by Crippen LogP contribution is -2.39. The van der Waals surface area contributed by atoms with Crippen molar-refractivity contribution in [3.8, 4) is 0 Å². The third-order valence-corrected chi connectivity index (χ3v) is 7.63. The van der Waals surface area contributed by atoms with E-state index in [1.807, 2.05) is 25.1 Å². The number of carbonyl (C=O) groups excluding carboxylic acids is 2. The largest absolute Gasteiger partial charge is 0.466 e. The summed E-state index contributed by atoms with van der Waals surface area (Å²) in [5.74, 6) is -1.43. The minimum absolute atomic E-state index is 0.00620. The number of benzene rings is 2. The fourth-order valence-corrected chi connectivity index (χ4v) is 5.85. The topological polar surface area (TPSA) is 102 Å². The van der Waals surface area contributed by atoms with E-state index in [1.165, 1.54) is 35.6 Å². The lowest BCUT2D eigenvalue weighted by Gasteiger charge is -2.31. The van der Waals surface area contributed by atoms with E-state index in [2.05, 4.69) is 0 Å². The molecule has 2 heterocycles. The summed E-state index contributed by atoms with van der Waals surface area (Å²) in [6.07, 6.45) is 0.641. The van der Waals surface area contributed by atoms with Gasteiger partial charge < -0.3 is 19.1 Å². The minimum atomic E-state index is -3.81. The van der Waals surface area contributed by atoms with Gasteiger partial charge in [0.1, 0.15) is 12.4 Å². The first-order chi connectivity index (χ1) is 15.8. The zero-order valence-electron chi connectivity index (χ0n) is 18.5. The van der Waals surface area contributed by atoms with Crippen molar-refractivity contribution < 1.29 is 32.2 Å². The van der Waals surface area contributed by atoms with E-state index in [0.29, 0.717) is 17.8 Å². The molecule has 33 heavy (non-hydrogen) atoms. The fraction of sp³-hybridized carbons (Fsp3) is 0.304. The van der Waals surface area contributed by atoms with Gasteiger partial charge in [0.25, 0.3) is 10.0 Å². The highest BCUT2D eigenvalue weighted by molar-refractivity contribution is 7.92. The molecule has 4 rings (SSSR count). The van der Waals surface area contributed by atoms with Crippen LogP contribution in [0.15, 0.2) is 64.7 Å². The quantitative estimate of drug-likeness (QED) is 0.611. The van der Waals surface area contributed by atoms with Crippen LogP contribution in [0.25, 0.3) is 0 Å². The van der Waals surface area contributed by atoms with Crippen molar-refractivity contribution in [2.24, 2.45) is 0 Å². The van der Waals surface area contributed by atoms with Crippen molar-refractivity contribution >= 4 is 33.3 Å². The molecule has 0 amide bonds. The molecule has 0 radical (unpaired) electrons. The lowest BCUT2D eigenvalue weighted by atomic mass is 10.1. The molecule has 2 aromatic carbocycles. The average Bonchev–Trinajstić information content (AvgIpc) is 3.19. The summed E-state index contributed by atoms with van der Waals surface area (Å²) in [4.78, 5) is 26.2. The summed E-state index contributed by atoms with van der Waals surface area (Å²) in [5, 5.41) is 0. The Bertz CT molecular complexity index is 1220. The van der Waals surface area contributed by atoms with Gasteiger partial charge in [0.05, 0.1) is 37.0 Å². The smallest absolute Gasteiger partial charge is 0.355 e. The average molecular weight is 473 g/mol. The van der Waals surface area contributed by atoms with Gasteiger partial charge in [-0.3, -0.25) is 4.31 Å². The summed E-state index contributed by atoms with van der Waals surface area (Å²) in [5.41, 5.74) is 2.14. The number of hydrogen-bond donors (Lipinski definition) is 0. The third kappa shape index (κ3) is 3.96. The van der Waals surface area contributed by atoms with E-state index in [0.717, 1.165) is 5.56 Å². The Kier molecular flexibility index (Phi) is 6.13. The van der Waals surface area contributed by atoms with Gasteiger partial charge in [0.2, 0.25) is 0 Å². The Morgan fingerprint density at radius 3 is 2.33 bits per heavy atom. The number of anilines is 2. The molecular formula is C23H24N2O7S. The Labute approximate surface area is 192 Å². The number of para-hydroxylation sites is 1. The molecule has 0 bridgehead atoms. The number of carbonyl (C=O) groups is 2. The van der Waals surface area contributed by atoms with Crippen LogP contribution in [0.2, 0.25) is 0 Å². The highest BCUT2D eigenvalue weighted by atomic mass is 32.2. The van der Waals surface area contributed by atoms with Crippen LogP contribution >= 0.6 is 0 Å².